The second kappa shape index (κ2) is 6.16. The third-order valence-electron chi connectivity index (χ3n) is 3.44. The Balaban J connectivity index is 2.09. The van der Waals surface area contributed by atoms with Gasteiger partial charge < -0.3 is 5.32 Å². The zero-order valence-electron chi connectivity index (χ0n) is 11.5. The predicted molar refractivity (Wildman–Crippen MR) is 86.2 cm³/mol. The first-order valence-electron chi connectivity index (χ1n) is 6.99. The summed E-state index contributed by atoms with van der Waals surface area (Å²) in [5.74, 6) is 0. The Morgan fingerprint density at radius 2 is 2.05 bits per heavy atom. The maximum atomic E-state index is 4.42. The van der Waals surface area contributed by atoms with Crippen LogP contribution >= 0.6 is 11.3 Å². The van der Waals surface area contributed by atoms with Gasteiger partial charge in [-0.15, -0.1) is 11.3 Å². The van der Waals surface area contributed by atoms with Crippen LogP contribution in [-0.4, -0.2) is 11.5 Å². The number of hydrogen-bond acceptors (Lipinski definition) is 3. The second-order valence-electron chi connectivity index (χ2n) is 4.85. The zero-order valence-corrected chi connectivity index (χ0v) is 12.4. The van der Waals surface area contributed by atoms with E-state index >= 15 is 0 Å². The van der Waals surface area contributed by atoms with Gasteiger partial charge in [-0.25, -0.2) is 0 Å². The molecule has 0 radical (unpaired) electrons. The molecule has 0 saturated heterocycles. The highest BCUT2D eigenvalue weighted by atomic mass is 32.1. The number of benzene rings is 1. The van der Waals surface area contributed by atoms with Gasteiger partial charge in [0.25, 0.3) is 0 Å². The number of aromatic nitrogens is 1. The molecule has 3 aromatic rings. The van der Waals surface area contributed by atoms with Gasteiger partial charge in [0.1, 0.15) is 0 Å². The molecule has 0 fully saturated rings. The quantitative estimate of drug-likeness (QED) is 0.751. The minimum absolute atomic E-state index is 0.230. The van der Waals surface area contributed by atoms with Crippen LogP contribution in [0.25, 0.3) is 10.8 Å². The van der Waals surface area contributed by atoms with Crippen LogP contribution in [0.2, 0.25) is 0 Å². The molecule has 0 amide bonds. The van der Waals surface area contributed by atoms with Gasteiger partial charge in [0, 0.05) is 28.2 Å². The minimum Gasteiger partial charge on any atom is -0.306 e. The van der Waals surface area contributed by atoms with E-state index in [2.05, 4.69) is 59.0 Å². The van der Waals surface area contributed by atoms with Crippen LogP contribution in [0, 0.1) is 0 Å². The molecular formula is C17H18N2S. The fourth-order valence-electron chi connectivity index (χ4n) is 2.48. The Morgan fingerprint density at radius 1 is 1.15 bits per heavy atom. The lowest BCUT2D eigenvalue weighted by Crippen LogP contribution is -2.22. The summed E-state index contributed by atoms with van der Waals surface area (Å²) in [6.07, 6.45) is 5.06. The summed E-state index contributed by atoms with van der Waals surface area (Å²) < 4.78 is 0. The molecule has 1 N–H and O–H groups in total. The Morgan fingerprint density at radius 3 is 2.85 bits per heavy atom. The summed E-state index contributed by atoms with van der Waals surface area (Å²) in [5.41, 5.74) is 1.26. The first kappa shape index (κ1) is 13.3. The van der Waals surface area contributed by atoms with Crippen LogP contribution in [0.3, 0.4) is 0 Å². The number of rotatable bonds is 5. The van der Waals surface area contributed by atoms with Crippen LogP contribution in [0.1, 0.15) is 29.8 Å². The number of nitrogens with one attached hydrogen (secondary N) is 1. The first-order valence-corrected chi connectivity index (χ1v) is 7.87. The topological polar surface area (TPSA) is 24.9 Å². The molecule has 2 heterocycles. The normalized spacial score (nSPS) is 12.7. The van der Waals surface area contributed by atoms with Gasteiger partial charge in [-0.2, -0.15) is 0 Å². The highest BCUT2D eigenvalue weighted by Crippen LogP contribution is 2.30. The smallest absolute Gasteiger partial charge is 0.0692 e. The number of fused-ring (bicyclic) bond motifs is 1. The van der Waals surface area contributed by atoms with E-state index in [1.807, 2.05) is 12.4 Å². The number of pyridine rings is 1. The van der Waals surface area contributed by atoms with Crippen molar-refractivity contribution in [1.82, 2.24) is 10.3 Å². The SMILES string of the molecule is CCCNC(c1cccs1)c1cncc2ccccc12. The molecule has 0 spiro atoms. The van der Waals surface area contributed by atoms with Gasteiger partial charge in [0.05, 0.1) is 6.04 Å². The molecule has 3 heteroatoms. The molecule has 2 aromatic heterocycles. The standard InChI is InChI=1S/C17H18N2S/c1-2-9-19-17(16-8-5-10-20-16)15-12-18-11-13-6-3-4-7-14(13)15/h3-8,10-12,17,19H,2,9H2,1H3. The maximum Gasteiger partial charge on any atom is 0.0692 e. The van der Waals surface area contributed by atoms with E-state index in [1.165, 1.54) is 21.2 Å². The third-order valence-corrected chi connectivity index (χ3v) is 4.37. The molecule has 2 nitrogen and oxygen atoms in total. The number of nitrogens with zero attached hydrogens (tertiary/aromatic N) is 1. The maximum absolute atomic E-state index is 4.42. The average molecular weight is 282 g/mol. The number of hydrogen-bond donors (Lipinski definition) is 1. The summed E-state index contributed by atoms with van der Waals surface area (Å²) in [6, 6.07) is 13.0. The van der Waals surface area contributed by atoms with Crippen molar-refractivity contribution in [1.29, 1.82) is 0 Å². The molecule has 20 heavy (non-hydrogen) atoms. The highest BCUT2D eigenvalue weighted by Gasteiger charge is 2.17. The van der Waals surface area contributed by atoms with Gasteiger partial charge in [-0.3, -0.25) is 4.98 Å². The summed E-state index contributed by atoms with van der Waals surface area (Å²) in [5, 5.41) is 8.27. The number of thiophene rings is 1. The Bertz CT molecular complexity index is 671. The molecule has 1 unspecified atom stereocenters. The first-order chi connectivity index (χ1) is 9.90. The van der Waals surface area contributed by atoms with Crippen molar-refractivity contribution < 1.29 is 0 Å². The highest BCUT2D eigenvalue weighted by molar-refractivity contribution is 7.10. The molecule has 3 rings (SSSR count). The Hall–Kier alpha value is -1.71. The van der Waals surface area contributed by atoms with Crippen LogP contribution < -0.4 is 5.32 Å². The van der Waals surface area contributed by atoms with Crippen LogP contribution in [0.15, 0.2) is 54.2 Å². The van der Waals surface area contributed by atoms with E-state index in [9.17, 15) is 0 Å². The molecule has 0 aliphatic rings. The Kier molecular flexibility index (Phi) is 4.09. The molecule has 0 saturated carbocycles. The van der Waals surface area contributed by atoms with Crippen molar-refractivity contribution in [3.05, 3.63) is 64.6 Å². The lowest BCUT2D eigenvalue weighted by atomic mass is 10.0. The van der Waals surface area contributed by atoms with Crippen LogP contribution in [0.5, 0.6) is 0 Å². The lowest BCUT2D eigenvalue weighted by molar-refractivity contribution is 0.607. The summed E-state index contributed by atoms with van der Waals surface area (Å²) in [4.78, 5) is 5.76. The molecule has 0 aliphatic heterocycles. The lowest BCUT2D eigenvalue weighted by Gasteiger charge is -2.19. The molecule has 0 bridgehead atoms. The summed E-state index contributed by atoms with van der Waals surface area (Å²) in [6.45, 7) is 3.20. The van der Waals surface area contributed by atoms with Crippen molar-refractivity contribution in [3.8, 4) is 0 Å². The van der Waals surface area contributed by atoms with Gasteiger partial charge in [-0.1, -0.05) is 37.3 Å². The molecule has 1 atom stereocenters. The molecule has 102 valence electrons. The van der Waals surface area contributed by atoms with E-state index in [0.29, 0.717) is 0 Å². The van der Waals surface area contributed by atoms with E-state index < -0.39 is 0 Å². The van der Waals surface area contributed by atoms with E-state index in [-0.39, 0.29) is 6.04 Å². The van der Waals surface area contributed by atoms with Gasteiger partial charge >= 0.3 is 0 Å². The monoisotopic (exact) mass is 282 g/mol. The molecule has 0 aliphatic carbocycles. The van der Waals surface area contributed by atoms with E-state index in [4.69, 9.17) is 0 Å². The fourth-order valence-corrected chi connectivity index (χ4v) is 3.30. The molecular weight excluding hydrogens is 264 g/mol. The van der Waals surface area contributed by atoms with E-state index in [1.54, 1.807) is 11.3 Å². The minimum atomic E-state index is 0.230. The largest absolute Gasteiger partial charge is 0.306 e. The van der Waals surface area contributed by atoms with Gasteiger partial charge in [-0.05, 0) is 29.8 Å². The van der Waals surface area contributed by atoms with Crippen molar-refractivity contribution in [3.63, 3.8) is 0 Å². The van der Waals surface area contributed by atoms with E-state index in [0.717, 1.165) is 13.0 Å². The summed E-state index contributed by atoms with van der Waals surface area (Å²) in [7, 11) is 0. The predicted octanol–water partition coefficient (Wildman–Crippen LogP) is 4.39. The molecule has 1 aromatic carbocycles. The van der Waals surface area contributed by atoms with Crippen molar-refractivity contribution in [2.75, 3.05) is 6.54 Å². The summed E-state index contributed by atoms with van der Waals surface area (Å²) >= 11 is 1.79. The average Bonchev–Trinajstić information content (AvgIpc) is 3.02. The van der Waals surface area contributed by atoms with Gasteiger partial charge in [0.15, 0.2) is 0 Å². The second-order valence-corrected chi connectivity index (χ2v) is 5.83. The third kappa shape index (κ3) is 2.60. The Labute approximate surface area is 123 Å². The zero-order chi connectivity index (χ0) is 13.8. The van der Waals surface area contributed by atoms with Crippen LogP contribution in [0.4, 0.5) is 0 Å². The van der Waals surface area contributed by atoms with Gasteiger partial charge in [0.2, 0.25) is 0 Å². The van der Waals surface area contributed by atoms with Crippen LogP contribution in [-0.2, 0) is 0 Å². The fraction of sp³-hybridized carbons (Fsp3) is 0.235. The van der Waals surface area contributed by atoms with Crippen molar-refractivity contribution in [2.24, 2.45) is 0 Å². The van der Waals surface area contributed by atoms with Crippen molar-refractivity contribution >= 4 is 22.1 Å². The van der Waals surface area contributed by atoms with Crippen molar-refractivity contribution in [2.45, 2.75) is 19.4 Å².